The molecule has 0 amide bonds. The molecule has 0 spiro atoms. The molecule has 1 aromatic rings. The van der Waals surface area contributed by atoms with Gasteiger partial charge in [-0.05, 0) is 20.8 Å². The van der Waals surface area contributed by atoms with Crippen molar-refractivity contribution >= 4 is 16.5 Å². The van der Waals surface area contributed by atoms with Gasteiger partial charge in [0.1, 0.15) is 0 Å². The second kappa shape index (κ2) is 6.85. The Morgan fingerprint density at radius 1 is 1.30 bits per heavy atom. The van der Waals surface area contributed by atoms with Gasteiger partial charge in [-0.1, -0.05) is 0 Å². The van der Waals surface area contributed by atoms with Gasteiger partial charge >= 0.3 is 0 Å². The molecule has 2 rings (SSSR count). The molecule has 0 aliphatic carbocycles. The second-order valence-electron chi connectivity index (χ2n) is 6.03. The van der Waals surface area contributed by atoms with Gasteiger partial charge in [-0.15, -0.1) is 11.3 Å². The lowest BCUT2D eigenvalue weighted by Gasteiger charge is -2.37. The van der Waals surface area contributed by atoms with Crippen LogP contribution in [-0.4, -0.2) is 64.8 Å². The number of rotatable bonds is 6. The number of hydrogen-bond donors (Lipinski definition) is 2. The van der Waals surface area contributed by atoms with Crippen LogP contribution in [0.1, 0.15) is 25.6 Å². The summed E-state index contributed by atoms with van der Waals surface area (Å²) in [4.78, 5) is 10.5. The Bertz CT molecular complexity index is 408. The standard InChI is InChI=1S/C14H26N4OS/c1-4-15-13-16-9-12(20-13)10-17-5-7-18(8-6-17)11-14(2,3)19/h9,19H,4-8,10-11H2,1-3H3,(H,15,16). The quantitative estimate of drug-likeness (QED) is 0.833. The van der Waals surface area contributed by atoms with E-state index in [0.29, 0.717) is 0 Å². The van der Waals surface area contributed by atoms with Crippen molar-refractivity contribution in [2.24, 2.45) is 0 Å². The lowest BCUT2D eigenvalue weighted by Crippen LogP contribution is -2.50. The van der Waals surface area contributed by atoms with Crippen LogP contribution < -0.4 is 5.32 Å². The van der Waals surface area contributed by atoms with E-state index >= 15 is 0 Å². The van der Waals surface area contributed by atoms with E-state index in [1.165, 1.54) is 4.88 Å². The van der Waals surface area contributed by atoms with E-state index in [-0.39, 0.29) is 0 Å². The third-order valence-electron chi connectivity index (χ3n) is 3.34. The molecule has 0 radical (unpaired) electrons. The first-order valence-corrected chi connectivity index (χ1v) is 8.13. The van der Waals surface area contributed by atoms with Crippen LogP contribution in [0.25, 0.3) is 0 Å². The minimum Gasteiger partial charge on any atom is -0.389 e. The molecule has 2 N–H and O–H groups in total. The first-order chi connectivity index (χ1) is 9.46. The zero-order valence-corrected chi connectivity index (χ0v) is 13.5. The van der Waals surface area contributed by atoms with E-state index in [2.05, 4.69) is 27.0 Å². The first kappa shape index (κ1) is 15.7. The average Bonchev–Trinajstić information content (AvgIpc) is 2.78. The van der Waals surface area contributed by atoms with Crippen molar-refractivity contribution in [1.82, 2.24) is 14.8 Å². The van der Waals surface area contributed by atoms with Crippen molar-refractivity contribution in [3.8, 4) is 0 Å². The highest BCUT2D eigenvalue weighted by molar-refractivity contribution is 7.15. The number of hydrogen-bond acceptors (Lipinski definition) is 6. The van der Waals surface area contributed by atoms with Gasteiger partial charge < -0.3 is 10.4 Å². The molecule has 1 aliphatic rings. The van der Waals surface area contributed by atoms with Gasteiger partial charge in [0.25, 0.3) is 0 Å². The topological polar surface area (TPSA) is 51.6 Å². The molecule has 0 saturated carbocycles. The zero-order valence-electron chi connectivity index (χ0n) is 12.7. The number of aliphatic hydroxyl groups is 1. The number of β-amino-alcohol motifs (C(OH)–C–C–N with tert-alkyl or cyclic N) is 1. The second-order valence-corrected chi connectivity index (χ2v) is 7.14. The Labute approximate surface area is 125 Å². The fourth-order valence-corrected chi connectivity index (χ4v) is 3.41. The summed E-state index contributed by atoms with van der Waals surface area (Å²) in [5.41, 5.74) is -0.597. The summed E-state index contributed by atoms with van der Waals surface area (Å²) in [5.74, 6) is 0. The Balaban J connectivity index is 1.76. The summed E-state index contributed by atoms with van der Waals surface area (Å²) in [6.07, 6.45) is 1.98. The van der Waals surface area contributed by atoms with Crippen LogP contribution in [0.5, 0.6) is 0 Å². The molecular formula is C14H26N4OS. The summed E-state index contributed by atoms with van der Waals surface area (Å²) in [6, 6.07) is 0. The number of piperazine rings is 1. The normalized spacial score (nSPS) is 18.4. The largest absolute Gasteiger partial charge is 0.389 e. The number of anilines is 1. The fourth-order valence-electron chi connectivity index (χ4n) is 2.49. The number of aromatic nitrogens is 1. The Morgan fingerprint density at radius 3 is 2.55 bits per heavy atom. The molecule has 1 fully saturated rings. The zero-order chi connectivity index (χ0) is 14.6. The molecular weight excluding hydrogens is 272 g/mol. The van der Waals surface area contributed by atoms with Crippen LogP contribution in [0, 0.1) is 0 Å². The Hall–Kier alpha value is -0.690. The maximum absolute atomic E-state index is 9.86. The molecule has 0 aromatic carbocycles. The van der Waals surface area contributed by atoms with E-state index in [1.807, 2.05) is 20.0 Å². The molecule has 1 saturated heterocycles. The van der Waals surface area contributed by atoms with E-state index in [4.69, 9.17) is 0 Å². The Morgan fingerprint density at radius 2 is 1.95 bits per heavy atom. The van der Waals surface area contributed by atoms with Crippen molar-refractivity contribution < 1.29 is 5.11 Å². The van der Waals surface area contributed by atoms with Gasteiger partial charge in [0.15, 0.2) is 5.13 Å². The highest BCUT2D eigenvalue weighted by Crippen LogP contribution is 2.20. The lowest BCUT2D eigenvalue weighted by atomic mass is 10.1. The van der Waals surface area contributed by atoms with Gasteiger partial charge in [-0.3, -0.25) is 9.80 Å². The summed E-state index contributed by atoms with van der Waals surface area (Å²) in [5, 5.41) is 14.1. The van der Waals surface area contributed by atoms with Crippen LogP contribution in [0.3, 0.4) is 0 Å². The van der Waals surface area contributed by atoms with Gasteiger partial charge in [-0.25, -0.2) is 4.98 Å². The summed E-state index contributed by atoms with van der Waals surface area (Å²) in [7, 11) is 0. The number of nitrogens with one attached hydrogen (secondary N) is 1. The predicted octanol–water partition coefficient (Wildman–Crippen LogP) is 1.46. The van der Waals surface area contributed by atoms with Crippen molar-refractivity contribution in [3.63, 3.8) is 0 Å². The molecule has 0 unspecified atom stereocenters. The molecule has 1 aromatic heterocycles. The van der Waals surface area contributed by atoms with E-state index in [9.17, 15) is 5.11 Å². The van der Waals surface area contributed by atoms with Gasteiger partial charge in [0.2, 0.25) is 0 Å². The summed E-state index contributed by atoms with van der Waals surface area (Å²) >= 11 is 1.74. The number of thiazole rings is 1. The molecule has 1 aliphatic heterocycles. The highest BCUT2D eigenvalue weighted by Gasteiger charge is 2.22. The van der Waals surface area contributed by atoms with Crippen molar-refractivity contribution in [3.05, 3.63) is 11.1 Å². The van der Waals surface area contributed by atoms with Crippen molar-refractivity contribution in [2.45, 2.75) is 32.9 Å². The van der Waals surface area contributed by atoms with Crippen LogP contribution in [0.4, 0.5) is 5.13 Å². The molecule has 5 nitrogen and oxygen atoms in total. The first-order valence-electron chi connectivity index (χ1n) is 7.32. The van der Waals surface area contributed by atoms with Crippen LogP contribution in [-0.2, 0) is 6.54 Å². The Kier molecular flexibility index (Phi) is 5.37. The third-order valence-corrected chi connectivity index (χ3v) is 4.28. The summed E-state index contributed by atoms with van der Waals surface area (Å²) < 4.78 is 0. The predicted molar refractivity (Wildman–Crippen MR) is 84.3 cm³/mol. The van der Waals surface area contributed by atoms with Gasteiger partial charge in [0, 0.05) is 56.9 Å². The maximum atomic E-state index is 9.86. The van der Waals surface area contributed by atoms with E-state index in [1.54, 1.807) is 11.3 Å². The van der Waals surface area contributed by atoms with Crippen molar-refractivity contribution in [2.75, 3.05) is 44.6 Å². The molecule has 114 valence electrons. The van der Waals surface area contributed by atoms with Crippen molar-refractivity contribution in [1.29, 1.82) is 0 Å². The lowest BCUT2D eigenvalue weighted by molar-refractivity contribution is 0.0168. The average molecular weight is 298 g/mol. The van der Waals surface area contributed by atoms with E-state index < -0.39 is 5.60 Å². The molecule has 0 atom stereocenters. The van der Waals surface area contributed by atoms with Gasteiger partial charge in [0.05, 0.1) is 5.60 Å². The van der Waals surface area contributed by atoms with Crippen LogP contribution in [0.15, 0.2) is 6.20 Å². The molecule has 2 heterocycles. The third kappa shape index (κ3) is 5.01. The molecule has 6 heteroatoms. The smallest absolute Gasteiger partial charge is 0.182 e. The number of nitrogens with zero attached hydrogens (tertiary/aromatic N) is 3. The molecule has 0 bridgehead atoms. The maximum Gasteiger partial charge on any atom is 0.182 e. The highest BCUT2D eigenvalue weighted by atomic mass is 32.1. The minimum atomic E-state index is -0.597. The van der Waals surface area contributed by atoms with Crippen LogP contribution >= 0.6 is 11.3 Å². The van der Waals surface area contributed by atoms with Crippen LogP contribution in [0.2, 0.25) is 0 Å². The summed E-state index contributed by atoms with van der Waals surface area (Å²) in [6.45, 7) is 12.7. The fraction of sp³-hybridized carbons (Fsp3) is 0.786. The SMILES string of the molecule is CCNc1ncc(CN2CCN(CC(C)(C)O)CC2)s1. The monoisotopic (exact) mass is 298 g/mol. The molecule has 20 heavy (non-hydrogen) atoms. The minimum absolute atomic E-state index is 0.597. The van der Waals surface area contributed by atoms with Gasteiger partial charge in [-0.2, -0.15) is 0 Å². The van der Waals surface area contributed by atoms with E-state index in [0.717, 1.165) is 50.9 Å².